The first-order valence-corrected chi connectivity index (χ1v) is 8.44. The summed E-state index contributed by atoms with van der Waals surface area (Å²) in [5.74, 6) is 1.65. The highest BCUT2D eigenvalue weighted by molar-refractivity contribution is 5.93. The molecule has 0 aliphatic heterocycles. The predicted octanol–water partition coefficient (Wildman–Crippen LogP) is 5.14. The van der Waals surface area contributed by atoms with Crippen LogP contribution in [0, 0.1) is 6.57 Å². The normalized spacial score (nSPS) is 10.4. The van der Waals surface area contributed by atoms with E-state index in [1.165, 1.54) is 24.0 Å². The number of benzene rings is 2. The molecule has 2 N–H and O–H groups in total. The Kier molecular flexibility index (Phi) is 4.44. The number of aromatic hydroxyl groups is 1. The van der Waals surface area contributed by atoms with Gasteiger partial charge in [0.05, 0.1) is 31.8 Å². The molecular weight excluding hydrogens is 356 g/mol. The molecule has 7 nitrogen and oxygen atoms in total. The average molecular weight is 372 g/mol. The lowest BCUT2D eigenvalue weighted by Crippen LogP contribution is -1.98. The van der Waals surface area contributed by atoms with Crippen molar-refractivity contribution in [3.8, 4) is 23.0 Å². The third kappa shape index (κ3) is 3.15. The summed E-state index contributed by atoms with van der Waals surface area (Å²) >= 11 is 0. The van der Waals surface area contributed by atoms with E-state index in [0.717, 1.165) is 11.4 Å². The smallest absolute Gasteiger partial charge is 0.231 e. The van der Waals surface area contributed by atoms with Crippen LogP contribution in [0.15, 0.2) is 67.0 Å². The molecule has 2 aromatic heterocycles. The van der Waals surface area contributed by atoms with E-state index in [2.05, 4.69) is 15.3 Å². The Bertz CT molecular complexity index is 1160. The van der Waals surface area contributed by atoms with E-state index < -0.39 is 0 Å². The van der Waals surface area contributed by atoms with E-state index in [1.807, 2.05) is 54.6 Å². The number of fused-ring (bicyclic) bond motifs is 1. The summed E-state index contributed by atoms with van der Waals surface area (Å²) in [5.41, 5.74) is 2.05. The largest absolute Gasteiger partial charge is 0.503 e. The number of para-hydroxylation sites is 1. The Hall–Kier alpha value is -4.18. The monoisotopic (exact) mass is 372 g/mol. The molecule has 0 aliphatic rings. The number of nitrogens with one attached hydrogen (secondary N) is 1. The van der Waals surface area contributed by atoms with Crippen LogP contribution >= 0.6 is 0 Å². The molecule has 0 saturated carbocycles. The number of ether oxygens (including phenoxy) is 2. The predicted molar refractivity (Wildman–Crippen MR) is 106 cm³/mol. The van der Waals surface area contributed by atoms with Crippen molar-refractivity contribution in [1.29, 1.82) is 0 Å². The van der Waals surface area contributed by atoms with Crippen molar-refractivity contribution in [1.82, 2.24) is 9.61 Å². The molecule has 4 aromatic rings. The van der Waals surface area contributed by atoms with Crippen LogP contribution in [0.5, 0.6) is 23.0 Å². The highest BCUT2D eigenvalue weighted by Gasteiger charge is 2.18. The minimum atomic E-state index is -0.0493. The SMILES string of the molecule is [C-]#[N+]c1cnn2cc(O)c(OC)c2c1Nc1ccc(Oc2ccccc2)cc1. The van der Waals surface area contributed by atoms with Gasteiger partial charge in [0.25, 0.3) is 0 Å². The molecule has 2 aromatic carbocycles. The number of rotatable bonds is 5. The van der Waals surface area contributed by atoms with Crippen molar-refractivity contribution in [2.24, 2.45) is 0 Å². The maximum Gasteiger partial charge on any atom is 0.231 e. The highest BCUT2D eigenvalue weighted by Crippen LogP contribution is 2.42. The molecule has 0 aliphatic carbocycles. The minimum Gasteiger partial charge on any atom is -0.503 e. The first-order valence-electron chi connectivity index (χ1n) is 8.44. The lowest BCUT2D eigenvalue weighted by Gasteiger charge is -2.12. The quantitative estimate of drug-likeness (QED) is 0.475. The molecule has 28 heavy (non-hydrogen) atoms. The van der Waals surface area contributed by atoms with Crippen molar-refractivity contribution < 1.29 is 14.6 Å². The Morgan fingerprint density at radius 1 is 1.07 bits per heavy atom. The van der Waals surface area contributed by atoms with Gasteiger partial charge in [-0.15, -0.1) is 0 Å². The van der Waals surface area contributed by atoms with Crippen LogP contribution < -0.4 is 14.8 Å². The summed E-state index contributed by atoms with van der Waals surface area (Å²) in [6.07, 6.45) is 2.87. The molecule has 7 heteroatoms. The van der Waals surface area contributed by atoms with Crippen molar-refractivity contribution in [3.05, 3.63) is 78.4 Å². The fourth-order valence-electron chi connectivity index (χ4n) is 2.87. The van der Waals surface area contributed by atoms with Gasteiger partial charge in [-0.25, -0.2) is 9.36 Å². The Morgan fingerprint density at radius 3 is 2.46 bits per heavy atom. The van der Waals surface area contributed by atoms with E-state index in [9.17, 15) is 5.11 Å². The minimum absolute atomic E-state index is 0.0493. The van der Waals surface area contributed by atoms with Crippen molar-refractivity contribution in [3.63, 3.8) is 0 Å². The summed E-state index contributed by atoms with van der Waals surface area (Å²) in [6, 6.07) is 16.9. The molecule has 0 unspecified atom stereocenters. The lowest BCUT2D eigenvalue weighted by molar-refractivity contribution is 0.380. The molecule has 0 spiro atoms. The maximum absolute atomic E-state index is 10.1. The summed E-state index contributed by atoms with van der Waals surface area (Å²) in [5, 5.41) is 17.4. The topological polar surface area (TPSA) is 72.4 Å². The maximum atomic E-state index is 10.1. The summed E-state index contributed by atoms with van der Waals surface area (Å²) in [7, 11) is 1.46. The van der Waals surface area contributed by atoms with Crippen molar-refractivity contribution >= 4 is 22.6 Å². The molecule has 0 fully saturated rings. The zero-order chi connectivity index (χ0) is 19.5. The van der Waals surface area contributed by atoms with Gasteiger partial charge in [0.1, 0.15) is 17.0 Å². The van der Waals surface area contributed by atoms with Crippen LogP contribution in [-0.2, 0) is 0 Å². The van der Waals surface area contributed by atoms with Gasteiger partial charge in [-0.05, 0) is 36.4 Å². The number of anilines is 2. The third-order valence-corrected chi connectivity index (χ3v) is 4.15. The summed E-state index contributed by atoms with van der Waals surface area (Å²) < 4.78 is 12.6. The number of hydrogen-bond acceptors (Lipinski definition) is 5. The molecule has 0 bridgehead atoms. The van der Waals surface area contributed by atoms with E-state index in [1.54, 1.807) is 0 Å². The van der Waals surface area contributed by atoms with E-state index in [4.69, 9.17) is 16.0 Å². The van der Waals surface area contributed by atoms with Crippen LogP contribution in [0.1, 0.15) is 0 Å². The standard InChI is InChI=1S/C21H16N4O3/c1-22-17-12-23-25-13-18(26)21(27-2)20(25)19(17)24-14-8-10-16(11-9-14)28-15-6-4-3-5-7-15/h3-13,24,26H,2H3. The summed E-state index contributed by atoms with van der Waals surface area (Å²) in [4.78, 5) is 3.52. The van der Waals surface area contributed by atoms with Crippen molar-refractivity contribution in [2.45, 2.75) is 0 Å². The van der Waals surface area contributed by atoms with Gasteiger partial charge in [-0.3, -0.25) is 0 Å². The second kappa shape index (κ2) is 7.21. The number of nitrogens with zero attached hydrogens (tertiary/aromatic N) is 3. The number of methoxy groups -OCH3 is 1. The van der Waals surface area contributed by atoms with Gasteiger partial charge in [0.15, 0.2) is 11.5 Å². The summed E-state index contributed by atoms with van der Waals surface area (Å²) in [6.45, 7) is 7.43. The van der Waals surface area contributed by atoms with Gasteiger partial charge in [0.2, 0.25) is 5.69 Å². The molecule has 4 rings (SSSR count). The van der Waals surface area contributed by atoms with E-state index in [0.29, 0.717) is 22.6 Å². The molecular formula is C21H16N4O3. The lowest BCUT2D eigenvalue weighted by atomic mass is 10.2. The van der Waals surface area contributed by atoms with E-state index in [-0.39, 0.29) is 11.5 Å². The fraction of sp³-hybridized carbons (Fsp3) is 0.0476. The first-order chi connectivity index (χ1) is 13.7. The van der Waals surface area contributed by atoms with Crippen LogP contribution in [0.3, 0.4) is 0 Å². The van der Waals surface area contributed by atoms with E-state index >= 15 is 0 Å². The Balaban J connectivity index is 1.67. The average Bonchev–Trinajstić information content (AvgIpc) is 3.06. The highest BCUT2D eigenvalue weighted by atomic mass is 16.5. The number of hydrogen-bond donors (Lipinski definition) is 2. The van der Waals surface area contributed by atoms with Crippen LogP contribution in [-0.4, -0.2) is 21.8 Å². The second-order valence-electron chi connectivity index (χ2n) is 5.92. The molecule has 0 radical (unpaired) electrons. The molecule has 2 heterocycles. The Labute approximate surface area is 161 Å². The zero-order valence-electron chi connectivity index (χ0n) is 15.0. The van der Waals surface area contributed by atoms with Gasteiger partial charge in [0, 0.05) is 5.69 Å². The molecule has 0 atom stereocenters. The zero-order valence-corrected chi connectivity index (χ0v) is 15.0. The molecule has 0 amide bonds. The number of aromatic nitrogens is 2. The fourth-order valence-corrected chi connectivity index (χ4v) is 2.87. The van der Waals surface area contributed by atoms with Gasteiger partial charge >= 0.3 is 0 Å². The first kappa shape index (κ1) is 17.2. The van der Waals surface area contributed by atoms with Gasteiger partial charge < -0.3 is 19.9 Å². The van der Waals surface area contributed by atoms with Crippen LogP contribution in [0.2, 0.25) is 0 Å². The van der Waals surface area contributed by atoms with Gasteiger partial charge in [-0.2, -0.15) is 5.10 Å². The van der Waals surface area contributed by atoms with Crippen molar-refractivity contribution in [2.75, 3.05) is 12.4 Å². The van der Waals surface area contributed by atoms with Gasteiger partial charge in [-0.1, -0.05) is 18.2 Å². The Morgan fingerprint density at radius 2 is 1.79 bits per heavy atom. The molecule has 138 valence electrons. The van der Waals surface area contributed by atoms with Crippen LogP contribution in [0.25, 0.3) is 10.4 Å². The van der Waals surface area contributed by atoms with Crippen LogP contribution in [0.4, 0.5) is 17.1 Å². The second-order valence-corrected chi connectivity index (χ2v) is 5.92. The molecule has 0 saturated heterocycles. The third-order valence-electron chi connectivity index (χ3n) is 4.15.